The molecule has 6 heteroatoms. The van der Waals surface area contributed by atoms with Gasteiger partial charge in [-0.3, -0.25) is 15.1 Å². The monoisotopic (exact) mass is 222 g/mol. The first-order valence-electron chi connectivity index (χ1n) is 4.79. The molecule has 4 N–H and O–H groups in total. The number of aliphatic imine (C=N–C) groups is 1. The number of benzene rings is 1. The van der Waals surface area contributed by atoms with Crippen LogP contribution in [0, 0.1) is 10.1 Å². The van der Waals surface area contributed by atoms with E-state index in [1.54, 1.807) is 6.07 Å². The topological polar surface area (TPSA) is 108 Å². The van der Waals surface area contributed by atoms with E-state index in [0.29, 0.717) is 5.56 Å². The van der Waals surface area contributed by atoms with Crippen molar-refractivity contribution in [1.29, 1.82) is 0 Å². The first-order chi connectivity index (χ1) is 7.41. The summed E-state index contributed by atoms with van der Waals surface area (Å²) in [7, 11) is 0. The van der Waals surface area contributed by atoms with E-state index in [2.05, 4.69) is 4.99 Å². The highest BCUT2D eigenvalue weighted by molar-refractivity contribution is 5.98. The molecule has 0 fully saturated rings. The van der Waals surface area contributed by atoms with Crippen LogP contribution in [-0.2, 0) is 0 Å². The van der Waals surface area contributed by atoms with Gasteiger partial charge in [0.05, 0.1) is 4.92 Å². The fraction of sp³-hybridized carbons (Fsp3) is 0.300. The third kappa shape index (κ3) is 2.69. The molecule has 0 saturated carbocycles. The third-order valence-electron chi connectivity index (χ3n) is 1.92. The third-order valence-corrected chi connectivity index (χ3v) is 1.92. The minimum atomic E-state index is -0.540. The minimum absolute atomic E-state index is 0.0385. The molecule has 0 aromatic heterocycles. The van der Waals surface area contributed by atoms with Crippen molar-refractivity contribution in [2.75, 3.05) is 5.73 Å². The molecule has 0 radical (unpaired) electrons. The molecular weight excluding hydrogens is 208 g/mol. The number of rotatable bonds is 3. The van der Waals surface area contributed by atoms with Gasteiger partial charge in [-0.05, 0) is 26.0 Å². The summed E-state index contributed by atoms with van der Waals surface area (Å²) in [5.41, 5.74) is 11.6. The maximum atomic E-state index is 10.7. The van der Waals surface area contributed by atoms with Gasteiger partial charge in [-0.2, -0.15) is 0 Å². The standard InChI is InChI=1S/C10H14N4O2/c1-6(2)13-10(12)7-3-4-8(11)9(5-7)14(15)16/h3-6H,11H2,1-2H3,(H2,12,13). The van der Waals surface area contributed by atoms with Gasteiger partial charge in [-0.15, -0.1) is 0 Å². The number of nitrogen functional groups attached to an aromatic ring is 1. The number of anilines is 1. The normalized spacial score (nSPS) is 11.8. The second-order valence-corrected chi connectivity index (χ2v) is 3.64. The number of hydrogen-bond acceptors (Lipinski definition) is 4. The van der Waals surface area contributed by atoms with Crippen molar-refractivity contribution in [3.05, 3.63) is 33.9 Å². The van der Waals surface area contributed by atoms with E-state index in [4.69, 9.17) is 11.5 Å². The first-order valence-corrected chi connectivity index (χ1v) is 4.79. The summed E-state index contributed by atoms with van der Waals surface area (Å²) >= 11 is 0. The van der Waals surface area contributed by atoms with Crippen molar-refractivity contribution in [2.45, 2.75) is 19.9 Å². The summed E-state index contributed by atoms with van der Waals surface area (Å²) < 4.78 is 0. The maximum absolute atomic E-state index is 10.7. The Morgan fingerprint density at radius 2 is 2.12 bits per heavy atom. The van der Waals surface area contributed by atoms with Crippen LogP contribution in [0.5, 0.6) is 0 Å². The Hall–Kier alpha value is -2.11. The molecule has 0 amide bonds. The van der Waals surface area contributed by atoms with E-state index in [1.807, 2.05) is 13.8 Å². The maximum Gasteiger partial charge on any atom is 0.292 e. The van der Waals surface area contributed by atoms with Crippen LogP contribution in [0.3, 0.4) is 0 Å². The van der Waals surface area contributed by atoms with E-state index in [0.717, 1.165) is 0 Å². The molecule has 0 saturated heterocycles. The molecule has 0 bridgehead atoms. The van der Waals surface area contributed by atoms with Crippen LogP contribution in [0.4, 0.5) is 11.4 Å². The second kappa shape index (κ2) is 4.61. The van der Waals surface area contributed by atoms with Crippen LogP contribution in [0.2, 0.25) is 0 Å². The van der Waals surface area contributed by atoms with Crippen molar-refractivity contribution < 1.29 is 4.92 Å². The zero-order chi connectivity index (χ0) is 12.3. The van der Waals surface area contributed by atoms with Gasteiger partial charge in [0.25, 0.3) is 5.69 Å². The van der Waals surface area contributed by atoms with Crippen LogP contribution in [0.25, 0.3) is 0 Å². The minimum Gasteiger partial charge on any atom is -0.393 e. The summed E-state index contributed by atoms with van der Waals surface area (Å²) in [6.07, 6.45) is 0. The molecule has 0 unspecified atom stereocenters. The molecule has 1 aromatic carbocycles. The lowest BCUT2D eigenvalue weighted by molar-refractivity contribution is -0.383. The van der Waals surface area contributed by atoms with Gasteiger partial charge in [0.1, 0.15) is 11.5 Å². The molecule has 0 aliphatic heterocycles. The molecule has 0 spiro atoms. The van der Waals surface area contributed by atoms with E-state index in [-0.39, 0.29) is 23.3 Å². The predicted molar refractivity (Wildman–Crippen MR) is 63.4 cm³/mol. The van der Waals surface area contributed by atoms with Crippen LogP contribution >= 0.6 is 0 Å². The van der Waals surface area contributed by atoms with Gasteiger partial charge >= 0.3 is 0 Å². The smallest absolute Gasteiger partial charge is 0.292 e. The van der Waals surface area contributed by atoms with Crippen LogP contribution < -0.4 is 11.5 Å². The summed E-state index contributed by atoms with van der Waals surface area (Å²) in [4.78, 5) is 14.2. The summed E-state index contributed by atoms with van der Waals surface area (Å²) in [6, 6.07) is 4.44. The molecular formula is C10H14N4O2. The van der Waals surface area contributed by atoms with Gasteiger partial charge in [-0.1, -0.05) is 0 Å². The Balaban J connectivity index is 3.18. The molecule has 0 heterocycles. The summed E-state index contributed by atoms with van der Waals surface area (Å²) in [5.74, 6) is 0.276. The van der Waals surface area contributed by atoms with E-state index in [1.165, 1.54) is 12.1 Å². The highest BCUT2D eigenvalue weighted by Crippen LogP contribution is 2.22. The molecule has 6 nitrogen and oxygen atoms in total. The van der Waals surface area contributed by atoms with Gasteiger partial charge in [0.15, 0.2) is 0 Å². The Labute approximate surface area is 93.1 Å². The van der Waals surface area contributed by atoms with Gasteiger partial charge < -0.3 is 11.5 Å². The van der Waals surface area contributed by atoms with Crippen LogP contribution in [-0.4, -0.2) is 16.8 Å². The Bertz CT molecular complexity index is 440. The quantitative estimate of drug-likeness (QED) is 0.264. The van der Waals surface area contributed by atoms with Gasteiger partial charge in [0.2, 0.25) is 0 Å². The molecule has 0 aliphatic carbocycles. The largest absolute Gasteiger partial charge is 0.393 e. The summed E-state index contributed by atoms with van der Waals surface area (Å²) in [6.45, 7) is 3.75. The zero-order valence-electron chi connectivity index (χ0n) is 9.18. The Morgan fingerprint density at radius 1 is 1.50 bits per heavy atom. The molecule has 16 heavy (non-hydrogen) atoms. The molecule has 86 valence electrons. The highest BCUT2D eigenvalue weighted by Gasteiger charge is 2.13. The van der Waals surface area contributed by atoms with E-state index >= 15 is 0 Å². The first kappa shape index (κ1) is 12.0. The number of nitrogens with two attached hydrogens (primary N) is 2. The lowest BCUT2D eigenvalue weighted by atomic mass is 10.1. The SMILES string of the molecule is CC(C)N=C(N)c1ccc(N)c([N+](=O)[O-])c1. The van der Waals surface area contributed by atoms with Crippen LogP contribution in [0.15, 0.2) is 23.2 Å². The van der Waals surface area contributed by atoms with E-state index in [9.17, 15) is 10.1 Å². The molecule has 0 aliphatic rings. The summed E-state index contributed by atoms with van der Waals surface area (Å²) in [5, 5.41) is 10.7. The number of nitrogens with zero attached hydrogens (tertiary/aromatic N) is 2. The predicted octanol–water partition coefficient (Wildman–Crippen LogP) is 1.29. The number of nitro groups is 1. The van der Waals surface area contributed by atoms with Gasteiger partial charge in [0, 0.05) is 17.7 Å². The van der Waals surface area contributed by atoms with Crippen molar-refractivity contribution in [1.82, 2.24) is 0 Å². The highest BCUT2D eigenvalue weighted by atomic mass is 16.6. The lowest BCUT2D eigenvalue weighted by Crippen LogP contribution is -2.16. The average molecular weight is 222 g/mol. The molecule has 0 atom stereocenters. The number of hydrogen-bond donors (Lipinski definition) is 2. The zero-order valence-corrected chi connectivity index (χ0v) is 9.18. The van der Waals surface area contributed by atoms with Crippen molar-refractivity contribution in [3.63, 3.8) is 0 Å². The van der Waals surface area contributed by atoms with Crippen LogP contribution in [0.1, 0.15) is 19.4 Å². The molecule has 1 rings (SSSR count). The van der Waals surface area contributed by atoms with Crippen molar-refractivity contribution in [2.24, 2.45) is 10.7 Å². The van der Waals surface area contributed by atoms with Crippen molar-refractivity contribution in [3.8, 4) is 0 Å². The Kier molecular flexibility index (Phi) is 3.44. The lowest BCUT2D eigenvalue weighted by Gasteiger charge is -2.04. The number of nitro benzene ring substituents is 1. The average Bonchev–Trinajstić information content (AvgIpc) is 2.16. The Morgan fingerprint density at radius 3 is 2.62 bits per heavy atom. The molecule has 1 aromatic rings. The number of amidine groups is 1. The van der Waals surface area contributed by atoms with Gasteiger partial charge in [-0.25, -0.2) is 0 Å². The van der Waals surface area contributed by atoms with E-state index < -0.39 is 4.92 Å². The fourth-order valence-corrected chi connectivity index (χ4v) is 1.21. The fourth-order valence-electron chi connectivity index (χ4n) is 1.21. The second-order valence-electron chi connectivity index (χ2n) is 3.64. The van der Waals surface area contributed by atoms with Crippen molar-refractivity contribution >= 4 is 17.2 Å².